The van der Waals surface area contributed by atoms with Crippen LogP contribution in [0, 0.1) is 29.9 Å². The number of aromatic nitrogens is 2. The number of hydrogen-bond acceptors (Lipinski definition) is 5. The lowest BCUT2D eigenvalue weighted by Crippen LogP contribution is -2.29. The molecule has 0 aliphatic carbocycles. The van der Waals surface area contributed by atoms with E-state index in [1.54, 1.807) is 13.2 Å². The number of ether oxygens (including phenoxy) is 1. The van der Waals surface area contributed by atoms with Crippen molar-refractivity contribution in [2.75, 3.05) is 23.9 Å². The second-order valence-corrected chi connectivity index (χ2v) is 10.3. The molecular formula is C30H40F2N4O2. The van der Waals surface area contributed by atoms with Gasteiger partial charge in [-0.15, -0.1) is 0 Å². The third-order valence-electron chi connectivity index (χ3n) is 7.15. The maximum atomic E-state index is 14.7. The zero-order valence-electron chi connectivity index (χ0n) is 23.6. The number of rotatable bonds is 9. The Morgan fingerprint density at radius 1 is 1.16 bits per heavy atom. The van der Waals surface area contributed by atoms with Crippen LogP contribution < -0.4 is 15.0 Å². The minimum atomic E-state index is -0.681. The van der Waals surface area contributed by atoms with Crippen molar-refractivity contribution in [3.05, 3.63) is 47.8 Å². The van der Waals surface area contributed by atoms with Gasteiger partial charge < -0.3 is 15.0 Å². The number of benzene rings is 2. The van der Waals surface area contributed by atoms with E-state index in [0.717, 1.165) is 25.7 Å². The Kier molecular flexibility index (Phi) is 9.63. The molecule has 1 atom stereocenters. The SMILES string of the molecule is CC.CCCC1(CCC(C)C)CC(=O)N(c2cc3c(Nc4ccc(F)c(C)c4F)ncnc3cc2OC)C1. The first-order valence-corrected chi connectivity index (χ1v) is 13.5. The molecule has 4 rings (SSSR count). The number of nitrogens with one attached hydrogen (secondary N) is 1. The summed E-state index contributed by atoms with van der Waals surface area (Å²) in [5.74, 6) is 0.245. The van der Waals surface area contributed by atoms with Gasteiger partial charge in [-0.2, -0.15) is 0 Å². The molecule has 1 unspecified atom stereocenters. The summed E-state index contributed by atoms with van der Waals surface area (Å²) in [5.41, 5.74) is 1.19. The predicted molar refractivity (Wildman–Crippen MR) is 150 cm³/mol. The van der Waals surface area contributed by atoms with E-state index in [4.69, 9.17) is 4.74 Å². The molecule has 8 heteroatoms. The second-order valence-electron chi connectivity index (χ2n) is 10.3. The highest BCUT2D eigenvalue weighted by Crippen LogP contribution is 2.46. The highest BCUT2D eigenvalue weighted by Gasteiger charge is 2.43. The molecule has 206 valence electrons. The van der Waals surface area contributed by atoms with Crippen LogP contribution in [0.25, 0.3) is 10.9 Å². The third-order valence-corrected chi connectivity index (χ3v) is 7.15. The molecule has 1 N–H and O–H groups in total. The molecular weight excluding hydrogens is 486 g/mol. The van der Waals surface area contributed by atoms with Crippen molar-refractivity contribution in [1.29, 1.82) is 0 Å². The standard InChI is InChI=1S/C28H34F2N4O2.C2H6/c1-6-10-28(11-9-17(2)3)14-25(35)34(15-28)23-12-19-22(13-24(23)36-5)31-16-32-27(19)33-21-8-7-20(29)18(4)26(21)30;1-2/h7-8,12-13,16-17H,6,9-11,14-15H2,1-5H3,(H,31,32,33);1-2H3. The molecule has 1 amide bonds. The van der Waals surface area contributed by atoms with Gasteiger partial charge in [0, 0.05) is 30.0 Å². The fraction of sp³-hybridized carbons (Fsp3) is 0.500. The van der Waals surface area contributed by atoms with E-state index in [1.165, 1.54) is 25.4 Å². The maximum Gasteiger partial charge on any atom is 0.227 e. The molecule has 38 heavy (non-hydrogen) atoms. The van der Waals surface area contributed by atoms with Gasteiger partial charge in [-0.05, 0) is 49.3 Å². The number of methoxy groups -OCH3 is 1. The molecule has 0 radical (unpaired) electrons. The Hall–Kier alpha value is -3.29. The van der Waals surface area contributed by atoms with Crippen molar-refractivity contribution in [3.8, 4) is 5.75 Å². The van der Waals surface area contributed by atoms with Gasteiger partial charge in [0.25, 0.3) is 0 Å². The second kappa shape index (κ2) is 12.5. The van der Waals surface area contributed by atoms with Gasteiger partial charge >= 0.3 is 0 Å². The molecule has 2 heterocycles. The van der Waals surface area contributed by atoms with Crippen LogP contribution in [0.1, 0.15) is 72.3 Å². The minimum absolute atomic E-state index is 0.0661. The predicted octanol–water partition coefficient (Wildman–Crippen LogP) is 7.95. The first-order valence-electron chi connectivity index (χ1n) is 13.5. The summed E-state index contributed by atoms with van der Waals surface area (Å²) >= 11 is 0. The lowest BCUT2D eigenvalue weighted by Gasteiger charge is -2.29. The molecule has 0 spiro atoms. The van der Waals surface area contributed by atoms with Crippen LogP contribution in [0.3, 0.4) is 0 Å². The quantitative estimate of drug-likeness (QED) is 0.306. The zero-order valence-corrected chi connectivity index (χ0v) is 23.6. The molecule has 1 aliphatic heterocycles. The Balaban J connectivity index is 0.00000195. The average Bonchev–Trinajstić information content (AvgIpc) is 3.24. The summed E-state index contributed by atoms with van der Waals surface area (Å²) in [6.45, 7) is 12.6. The van der Waals surface area contributed by atoms with Gasteiger partial charge in [-0.3, -0.25) is 4.79 Å². The number of nitrogens with zero attached hydrogens (tertiary/aromatic N) is 3. The number of carbonyl (C=O) groups is 1. The van der Waals surface area contributed by atoms with Crippen molar-refractivity contribution in [1.82, 2.24) is 9.97 Å². The number of hydrogen-bond donors (Lipinski definition) is 1. The smallest absolute Gasteiger partial charge is 0.227 e. The van der Waals surface area contributed by atoms with E-state index < -0.39 is 11.6 Å². The van der Waals surface area contributed by atoms with Crippen LogP contribution in [-0.4, -0.2) is 29.5 Å². The van der Waals surface area contributed by atoms with Gasteiger partial charge in [0.2, 0.25) is 5.91 Å². The molecule has 1 fully saturated rings. The Bertz CT molecular complexity index is 1280. The van der Waals surface area contributed by atoms with Gasteiger partial charge in [-0.25, -0.2) is 18.7 Å². The van der Waals surface area contributed by atoms with Crippen LogP contribution in [0.15, 0.2) is 30.6 Å². The highest BCUT2D eigenvalue weighted by atomic mass is 19.1. The highest BCUT2D eigenvalue weighted by molar-refractivity contribution is 6.02. The van der Waals surface area contributed by atoms with Gasteiger partial charge in [0.1, 0.15) is 23.7 Å². The van der Waals surface area contributed by atoms with E-state index in [0.29, 0.717) is 47.0 Å². The zero-order chi connectivity index (χ0) is 28.0. The van der Waals surface area contributed by atoms with Crippen LogP contribution in [-0.2, 0) is 4.79 Å². The summed E-state index contributed by atoms with van der Waals surface area (Å²) in [6.07, 6.45) is 5.94. The topological polar surface area (TPSA) is 67.4 Å². The lowest BCUT2D eigenvalue weighted by atomic mass is 9.77. The summed E-state index contributed by atoms with van der Waals surface area (Å²) < 4.78 is 34.2. The molecule has 1 saturated heterocycles. The monoisotopic (exact) mass is 526 g/mol. The van der Waals surface area contributed by atoms with Crippen molar-refractivity contribution in [2.45, 2.75) is 73.6 Å². The van der Waals surface area contributed by atoms with Gasteiger partial charge in [0.05, 0.1) is 24.0 Å². The first kappa shape index (κ1) is 29.3. The number of amides is 1. The molecule has 6 nitrogen and oxygen atoms in total. The van der Waals surface area contributed by atoms with Crippen LogP contribution in [0.4, 0.5) is 26.0 Å². The number of carbonyl (C=O) groups excluding carboxylic acids is 1. The van der Waals surface area contributed by atoms with Crippen molar-refractivity contribution in [2.24, 2.45) is 11.3 Å². The number of anilines is 3. The van der Waals surface area contributed by atoms with Crippen LogP contribution in [0.2, 0.25) is 0 Å². The van der Waals surface area contributed by atoms with Gasteiger partial charge in [0.15, 0.2) is 5.82 Å². The Labute approximate surface area is 224 Å². The molecule has 3 aromatic rings. The minimum Gasteiger partial charge on any atom is -0.494 e. The summed E-state index contributed by atoms with van der Waals surface area (Å²) in [7, 11) is 1.57. The number of halogens is 2. The van der Waals surface area contributed by atoms with Crippen molar-refractivity contribution < 1.29 is 18.3 Å². The van der Waals surface area contributed by atoms with Crippen LogP contribution >= 0.6 is 0 Å². The largest absolute Gasteiger partial charge is 0.494 e. The Morgan fingerprint density at radius 3 is 2.55 bits per heavy atom. The third kappa shape index (κ3) is 6.05. The normalized spacial score (nSPS) is 17.1. The van der Waals surface area contributed by atoms with Crippen LogP contribution in [0.5, 0.6) is 5.75 Å². The molecule has 2 aromatic carbocycles. The average molecular weight is 527 g/mol. The summed E-state index contributed by atoms with van der Waals surface area (Å²) in [6, 6.07) is 6.15. The van der Waals surface area contributed by atoms with Crippen molar-refractivity contribution in [3.63, 3.8) is 0 Å². The Morgan fingerprint density at radius 2 is 1.89 bits per heavy atom. The van der Waals surface area contributed by atoms with E-state index in [-0.39, 0.29) is 22.6 Å². The van der Waals surface area contributed by atoms with Gasteiger partial charge in [-0.1, -0.05) is 47.5 Å². The molecule has 1 aromatic heterocycles. The van der Waals surface area contributed by atoms with E-state index in [1.807, 2.05) is 24.8 Å². The van der Waals surface area contributed by atoms with E-state index in [2.05, 4.69) is 36.1 Å². The van der Waals surface area contributed by atoms with E-state index >= 15 is 0 Å². The number of fused-ring (bicyclic) bond motifs is 1. The maximum absolute atomic E-state index is 14.7. The lowest BCUT2D eigenvalue weighted by molar-refractivity contribution is -0.117. The van der Waals surface area contributed by atoms with E-state index in [9.17, 15) is 13.6 Å². The molecule has 0 saturated carbocycles. The summed E-state index contributed by atoms with van der Waals surface area (Å²) in [5, 5.41) is 3.59. The molecule has 1 aliphatic rings. The van der Waals surface area contributed by atoms with Crippen molar-refractivity contribution >= 4 is 34.0 Å². The fourth-order valence-electron chi connectivity index (χ4n) is 5.13. The summed E-state index contributed by atoms with van der Waals surface area (Å²) in [4.78, 5) is 23.8. The fourth-order valence-corrected chi connectivity index (χ4v) is 5.13. The molecule has 0 bridgehead atoms. The first-order chi connectivity index (χ1) is 18.2.